The Morgan fingerprint density at radius 3 is 2.35 bits per heavy atom. The van der Waals surface area contributed by atoms with E-state index in [9.17, 15) is 37.2 Å². The molecule has 1 unspecified atom stereocenters. The maximum Gasteiger partial charge on any atom is 0.317 e. The Kier molecular flexibility index (Phi) is 9.70. The lowest BCUT2D eigenvalue weighted by molar-refractivity contribution is -0.136. The average Bonchev–Trinajstić information content (AvgIpc) is 3.41. The number of carbonyl (C=O) groups excluding carboxylic acids is 6. The number of aromatic nitrogens is 2. The van der Waals surface area contributed by atoms with Crippen LogP contribution in [0.3, 0.4) is 0 Å². The summed E-state index contributed by atoms with van der Waals surface area (Å²) in [6.07, 6.45) is 6.29. The van der Waals surface area contributed by atoms with Gasteiger partial charge in [0.05, 0.1) is 27.9 Å². The summed E-state index contributed by atoms with van der Waals surface area (Å²) in [5.41, 5.74) is 8.14. The zero-order chi connectivity index (χ0) is 40.2. The number of hydrogen-bond donors (Lipinski definition) is 3. The highest BCUT2D eigenvalue weighted by Crippen LogP contribution is 2.43. The highest BCUT2D eigenvalue weighted by molar-refractivity contribution is 7.90. The molecule has 57 heavy (non-hydrogen) atoms. The lowest BCUT2D eigenvalue weighted by atomic mass is 9.71. The van der Waals surface area contributed by atoms with Crippen molar-refractivity contribution in [2.24, 2.45) is 11.1 Å². The minimum absolute atomic E-state index is 0.0270. The van der Waals surface area contributed by atoms with Crippen molar-refractivity contribution in [2.45, 2.75) is 61.9 Å². The lowest BCUT2D eigenvalue weighted by Gasteiger charge is -2.55. The lowest BCUT2D eigenvalue weighted by Crippen LogP contribution is -2.62. The molecule has 2 atom stereocenters. The smallest absolute Gasteiger partial charge is 0.317 e. The van der Waals surface area contributed by atoms with Crippen LogP contribution in [0.2, 0.25) is 0 Å². The molecule has 2 aromatic carbocycles. The Morgan fingerprint density at radius 1 is 0.947 bits per heavy atom. The normalized spacial score (nSPS) is 22.0. The van der Waals surface area contributed by atoms with Gasteiger partial charge in [-0.15, -0.1) is 0 Å². The molecule has 18 heteroatoms. The topological polar surface area (TPSA) is 225 Å². The number of rotatable bonds is 8. The summed E-state index contributed by atoms with van der Waals surface area (Å²) >= 11 is 0. The molecule has 1 spiro atoms. The van der Waals surface area contributed by atoms with Crippen molar-refractivity contribution < 1.29 is 37.2 Å². The maximum atomic E-state index is 13.5. The minimum atomic E-state index is -3.36. The van der Waals surface area contributed by atoms with Crippen molar-refractivity contribution in [3.63, 3.8) is 0 Å². The number of benzene rings is 2. The van der Waals surface area contributed by atoms with Gasteiger partial charge in [0.1, 0.15) is 17.6 Å². The van der Waals surface area contributed by atoms with Crippen LogP contribution >= 0.6 is 0 Å². The first kappa shape index (κ1) is 38.0. The molecule has 6 heterocycles. The zero-order valence-electron chi connectivity index (χ0n) is 31.4. The van der Waals surface area contributed by atoms with Crippen molar-refractivity contribution in [1.82, 2.24) is 30.4 Å². The molecule has 7 amide bonds. The van der Waals surface area contributed by atoms with E-state index in [2.05, 4.69) is 20.5 Å². The fraction of sp³-hybridized carbons (Fsp3) is 0.436. The second kappa shape index (κ2) is 14.5. The Bertz CT molecular complexity index is 2300. The molecular weight excluding hydrogens is 755 g/mol. The molecule has 5 aliphatic rings. The van der Waals surface area contributed by atoms with E-state index in [1.165, 1.54) is 18.3 Å². The van der Waals surface area contributed by atoms with Crippen molar-refractivity contribution in [3.05, 3.63) is 76.7 Å². The highest BCUT2D eigenvalue weighted by atomic mass is 32.2. The van der Waals surface area contributed by atoms with E-state index in [1.807, 2.05) is 15.9 Å². The number of likely N-dealkylation sites (tertiary alicyclic amines) is 1. The summed E-state index contributed by atoms with van der Waals surface area (Å²) in [6, 6.07) is 10.3. The van der Waals surface area contributed by atoms with Gasteiger partial charge in [0.25, 0.3) is 17.7 Å². The Labute approximate surface area is 328 Å². The standard InChI is InChI=1S/C39H43N9O8S/c1-57(55,56)26-7-4-23(5-8-26)17-29-33(34(40)50)41-19-31(43-29)46-14-2-3-24(20-46)42-38(54)45-15-12-39(13-16-45)21-47(22-39)25-6-9-27-28(18-25)37(53)48(36(27)52)30-10-11-32(49)44-35(30)51/h4-9,18-19,24,30H,2-3,10-17,20-22H2,1H3,(H2,40,50)(H,42,54)(H,44,49,51)/t24-,30?/m1/s1. The SMILES string of the molecule is CS(=O)(=O)c1ccc(Cc2nc(N3CCC[C@@H](NC(=O)N4CCC5(CC4)CN(c4ccc6c(c4)C(=O)N(C4CCC(=O)NC4=O)C6=O)C5)C3)cnc2C(N)=O)cc1. The molecule has 298 valence electrons. The zero-order valence-corrected chi connectivity index (χ0v) is 32.2. The minimum Gasteiger partial charge on any atom is -0.370 e. The number of nitrogens with two attached hydrogens (primary N) is 1. The first-order valence-corrected chi connectivity index (χ1v) is 20.9. The number of imide groups is 2. The molecular formula is C39H43N9O8S. The third-order valence-corrected chi connectivity index (χ3v) is 12.9. The molecule has 0 saturated carbocycles. The fourth-order valence-corrected chi connectivity index (χ4v) is 9.25. The summed E-state index contributed by atoms with van der Waals surface area (Å²) < 4.78 is 23.8. The van der Waals surface area contributed by atoms with Crippen molar-refractivity contribution in [1.29, 1.82) is 0 Å². The van der Waals surface area contributed by atoms with E-state index in [4.69, 9.17) is 10.7 Å². The van der Waals surface area contributed by atoms with Crippen LogP contribution < -0.4 is 26.2 Å². The van der Waals surface area contributed by atoms with Crippen LogP contribution in [-0.2, 0) is 25.8 Å². The van der Waals surface area contributed by atoms with Crippen LogP contribution in [0, 0.1) is 5.41 Å². The van der Waals surface area contributed by atoms with Gasteiger partial charge >= 0.3 is 6.03 Å². The third-order valence-electron chi connectivity index (χ3n) is 11.8. The van der Waals surface area contributed by atoms with E-state index in [0.29, 0.717) is 37.7 Å². The second-order valence-corrected chi connectivity index (χ2v) is 17.8. The van der Waals surface area contributed by atoms with Gasteiger partial charge in [0, 0.05) is 75.5 Å². The summed E-state index contributed by atoms with van der Waals surface area (Å²) in [6.45, 7) is 3.90. The van der Waals surface area contributed by atoms with Crippen LogP contribution in [0.1, 0.15) is 81.0 Å². The molecule has 0 bridgehead atoms. The largest absolute Gasteiger partial charge is 0.370 e. The number of hydrogen-bond acceptors (Lipinski definition) is 12. The van der Waals surface area contributed by atoms with Gasteiger partial charge in [-0.1, -0.05) is 12.1 Å². The number of nitrogens with zero attached hydrogens (tertiary/aromatic N) is 6. The van der Waals surface area contributed by atoms with Gasteiger partial charge in [0.15, 0.2) is 9.84 Å². The van der Waals surface area contributed by atoms with E-state index in [0.717, 1.165) is 61.2 Å². The van der Waals surface area contributed by atoms with Crippen molar-refractivity contribution in [3.8, 4) is 0 Å². The number of primary amides is 1. The van der Waals surface area contributed by atoms with Crippen LogP contribution in [0.5, 0.6) is 0 Å². The predicted molar refractivity (Wildman–Crippen MR) is 205 cm³/mol. The number of carbonyl (C=O) groups is 6. The number of fused-ring (bicyclic) bond motifs is 1. The molecule has 4 saturated heterocycles. The van der Waals surface area contributed by atoms with Gasteiger partial charge in [-0.05, 0) is 68.0 Å². The summed E-state index contributed by atoms with van der Waals surface area (Å²) in [5.74, 6) is -2.27. The average molecular weight is 798 g/mol. The third kappa shape index (κ3) is 7.40. The van der Waals surface area contributed by atoms with Gasteiger partial charge < -0.3 is 25.8 Å². The number of amides is 7. The summed E-state index contributed by atoms with van der Waals surface area (Å²) in [5, 5.41) is 5.43. The molecule has 5 aliphatic heterocycles. The van der Waals surface area contributed by atoms with Crippen LogP contribution in [0.4, 0.5) is 16.3 Å². The first-order valence-electron chi connectivity index (χ1n) is 19.0. The number of nitrogens with one attached hydrogen (secondary N) is 2. The van der Waals surface area contributed by atoms with E-state index < -0.39 is 45.4 Å². The molecule has 1 aromatic heterocycles. The van der Waals surface area contributed by atoms with Crippen LogP contribution in [-0.4, -0.2) is 121 Å². The molecule has 17 nitrogen and oxygen atoms in total. The highest BCUT2D eigenvalue weighted by Gasteiger charge is 2.48. The molecule has 4 fully saturated rings. The molecule has 0 radical (unpaired) electrons. The number of anilines is 2. The van der Waals surface area contributed by atoms with Crippen LogP contribution in [0.15, 0.2) is 53.6 Å². The van der Waals surface area contributed by atoms with Crippen LogP contribution in [0.25, 0.3) is 0 Å². The number of sulfone groups is 1. The molecule has 4 N–H and O–H groups in total. The van der Waals surface area contributed by atoms with Gasteiger partial charge in [0.2, 0.25) is 11.8 Å². The Hall–Kier alpha value is -5.91. The molecule has 8 rings (SSSR count). The Balaban J connectivity index is 0.844. The Morgan fingerprint density at radius 2 is 1.67 bits per heavy atom. The first-order chi connectivity index (χ1) is 27.2. The second-order valence-electron chi connectivity index (χ2n) is 15.7. The predicted octanol–water partition coefficient (Wildman–Crippen LogP) is 1.25. The monoisotopic (exact) mass is 797 g/mol. The fourth-order valence-electron chi connectivity index (χ4n) is 8.62. The maximum absolute atomic E-state index is 13.5. The van der Waals surface area contributed by atoms with Crippen molar-refractivity contribution in [2.75, 3.05) is 55.3 Å². The van der Waals surface area contributed by atoms with Gasteiger partial charge in [-0.3, -0.25) is 34.2 Å². The molecule has 0 aliphatic carbocycles. The summed E-state index contributed by atoms with van der Waals surface area (Å²) in [4.78, 5) is 92.5. The quantitative estimate of drug-likeness (QED) is 0.274. The molecule has 3 aromatic rings. The van der Waals surface area contributed by atoms with E-state index in [-0.39, 0.29) is 58.5 Å². The number of piperidine rings is 3. The summed E-state index contributed by atoms with van der Waals surface area (Å²) in [7, 11) is -3.36. The number of urea groups is 1. The van der Waals surface area contributed by atoms with E-state index >= 15 is 0 Å². The van der Waals surface area contributed by atoms with Crippen molar-refractivity contribution >= 4 is 56.9 Å². The van der Waals surface area contributed by atoms with Gasteiger partial charge in [-0.2, -0.15) is 0 Å². The van der Waals surface area contributed by atoms with E-state index in [1.54, 1.807) is 24.3 Å². The van der Waals surface area contributed by atoms with Gasteiger partial charge in [-0.25, -0.2) is 23.2 Å².